The fraction of sp³-hybridized carbons (Fsp3) is 0.571. The average Bonchev–Trinajstić information content (AvgIpc) is 2.27. The quantitative estimate of drug-likeness (QED) is 0.749. The van der Waals surface area contributed by atoms with E-state index in [1.54, 1.807) is 12.1 Å². The molecule has 0 spiro atoms. The molecule has 0 amide bonds. The van der Waals surface area contributed by atoms with Crippen LogP contribution in [0.3, 0.4) is 0 Å². The van der Waals surface area contributed by atoms with E-state index in [9.17, 15) is 8.78 Å². The van der Waals surface area contributed by atoms with Gasteiger partial charge in [0.25, 0.3) is 0 Å². The fourth-order valence-corrected chi connectivity index (χ4v) is 1.77. The van der Waals surface area contributed by atoms with Crippen molar-refractivity contribution in [3.05, 3.63) is 35.4 Å². The number of nitrogens with one attached hydrogen (secondary N) is 1. The third-order valence-electron chi connectivity index (χ3n) is 2.82. The van der Waals surface area contributed by atoms with Crippen molar-refractivity contribution < 1.29 is 8.78 Å². The molecule has 17 heavy (non-hydrogen) atoms. The van der Waals surface area contributed by atoms with Gasteiger partial charge < -0.3 is 5.32 Å². The summed E-state index contributed by atoms with van der Waals surface area (Å²) in [7, 11) is 0. The third-order valence-corrected chi connectivity index (χ3v) is 2.82. The summed E-state index contributed by atoms with van der Waals surface area (Å²) in [6.07, 6.45) is 0.813. The van der Waals surface area contributed by atoms with Gasteiger partial charge in [-0.15, -0.1) is 0 Å². The van der Waals surface area contributed by atoms with E-state index in [1.807, 2.05) is 6.92 Å². The second-order valence-corrected chi connectivity index (χ2v) is 4.93. The summed E-state index contributed by atoms with van der Waals surface area (Å²) in [6.45, 7) is 7.99. The van der Waals surface area contributed by atoms with Gasteiger partial charge in [-0.3, -0.25) is 0 Å². The second kappa shape index (κ2) is 6.70. The summed E-state index contributed by atoms with van der Waals surface area (Å²) in [6, 6.07) is 4.37. The van der Waals surface area contributed by atoms with Crippen LogP contribution in [0.2, 0.25) is 0 Å². The Morgan fingerprint density at radius 3 is 2.53 bits per heavy atom. The van der Waals surface area contributed by atoms with Crippen molar-refractivity contribution in [2.45, 2.75) is 33.1 Å². The second-order valence-electron chi connectivity index (χ2n) is 4.93. The maximum absolute atomic E-state index is 13.5. The van der Waals surface area contributed by atoms with E-state index in [0.29, 0.717) is 11.5 Å². The fourth-order valence-electron chi connectivity index (χ4n) is 1.77. The number of benzene rings is 1. The van der Waals surface area contributed by atoms with E-state index in [0.717, 1.165) is 25.6 Å². The minimum atomic E-state index is -0.760. The SMILES string of the molecule is CC(C)CNCCC(C)c1cccc(F)c1F. The Morgan fingerprint density at radius 1 is 1.18 bits per heavy atom. The highest BCUT2D eigenvalue weighted by atomic mass is 19.2. The van der Waals surface area contributed by atoms with Crippen LogP contribution >= 0.6 is 0 Å². The topological polar surface area (TPSA) is 12.0 Å². The van der Waals surface area contributed by atoms with Crippen LogP contribution in [-0.2, 0) is 0 Å². The minimum Gasteiger partial charge on any atom is -0.316 e. The highest BCUT2D eigenvalue weighted by Crippen LogP contribution is 2.23. The molecule has 1 atom stereocenters. The van der Waals surface area contributed by atoms with Gasteiger partial charge in [0.2, 0.25) is 0 Å². The van der Waals surface area contributed by atoms with Crippen LogP contribution in [0.4, 0.5) is 8.78 Å². The van der Waals surface area contributed by atoms with E-state index >= 15 is 0 Å². The zero-order chi connectivity index (χ0) is 12.8. The largest absolute Gasteiger partial charge is 0.316 e. The summed E-state index contributed by atoms with van der Waals surface area (Å²) >= 11 is 0. The van der Waals surface area contributed by atoms with Crippen molar-refractivity contribution in [2.24, 2.45) is 5.92 Å². The minimum absolute atomic E-state index is 0.0327. The van der Waals surface area contributed by atoms with Crippen molar-refractivity contribution in [1.29, 1.82) is 0 Å². The molecular formula is C14H21F2N. The van der Waals surface area contributed by atoms with Crippen molar-refractivity contribution >= 4 is 0 Å². The molecule has 1 rings (SSSR count). The number of hydrogen-bond acceptors (Lipinski definition) is 1. The lowest BCUT2D eigenvalue weighted by Crippen LogP contribution is -2.22. The first-order valence-electron chi connectivity index (χ1n) is 6.17. The van der Waals surface area contributed by atoms with E-state index in [-0.39, 0.29) is 5.92 Å². The van der Waals surface area contributed by atoms with Crippen LogP contribution in [0.25, 0.3) is 0 Å². The standard InChI is InChI=1S/C14H21F2N/c1-10(2)9-17-8-7-11(3)12-5-4-6-13(15)14(12)16/h4-6,10-11,17H,7-9H2,1-3H3. The van der Waals surface area contributed by atoms with Gasteiger partial charge in [0, 0.05) is 0 Å². The maximum atomic E-state index is 13.5. The Labute approximate surface area is 102 Å². The van der Waals surface area contributed by atoms with Crippen molar-refractivity contribution in [1.82, 2.24) is 5.32 Å². The molecule has 0 saturated heterocycles. The smallest absolute Gasteiger partial charge is 0.162 e. The van der Waals surface area contributed by atoms with Gasteiger partial charge in [0.15, 0.2) is 11.6 Å². The van der Waals surface area contributed by atoms with E-state index in [4.69, 9.17) is 0 Å². The van der Waals surface area contributed by atoms with Crippen LogP contribution in [0.5, 0.6) is 0 Å². The van der Waals surface area contributed by atoms with Gasteiger partial charge in [-0.2, -0.15) is 0 Å². The molecular weight excluding hydrogens is 220 g/mol. The predicted octanol–water partition coefficient (Wildman–Crippen LogP) is 3.70. The summed E-state index contributed by atoms with van der Waals surface area (Å²) in [5.41, 5.74) is 0.469. The lowest BCUT2D eigenvalue weighted by Gasteiger charge is -2.14. The first kappa shape index (κ1) is 14.1. The molecule has 1 N–H and O–H groups in total. The van der Waals surface area contributed by atoms with Crippen molar-refractivity contribution in [2.75, 3.05) is 13.1 Å². The molecule has 0 fully saturated rings. The monoisotopic (exact) mass is 241 g/mol. The summed E-state index contributed by atoms with van der Waals surface area (Å²) in [5.74, 6) is -0.824. The Balaban J connectivity index is 2.47. The van der Waals surface area contributed by atoms with Gasteiger partial charge in [-0.05, 0) is 43.0 Å². The Bertz CT molecular complexity index is 350. The van der Waals surface area contributed by atoms with Gasteiger partial charge in [-0.25, -0.2) is 8.78 Å². The molecule has 1 nitrogen and oxygen atoms in total. The molecule has 0 saturated carbocycles. The zero-order valence-electron chi connectivity index (χ0n) is 10.8. The molecule has 0 aliphatic rings. The molecule has 96 valence electrons. The number of rotatable bonds is 6. The summed E-state index contributed by atoms with van der Waals surface area (Å²) in [5, 5.41) is 3.30. The molecule has 1 unspecified atom stereocenters. The van der Waals surface area contributed by atoms with Crippen molar-refractivity contribution in [3.8, 4) is 0 Å². The van der Waals surface area contributed by atoms with Gasteiger partial charge in [-0.1, -0.05) is 32.9 Å². The molecule has 0 aliphatic heterocycles. The third kappa shape index (κ3) is 4.43. The molecule has 3 heteroatoms. The number of halogens is 2. The summed E-state index contributed by atoms with van der Waals surface area (Å²) < 4.78 is 26.5. The molecule has 0 radical (unpaired) electrons. The highest BCUT2D eigenvalue weighted by Gasteiger charge is 2.13. The van der Waals surface area contributed by atoms with Crippen LogP contribution in [0.15, 0.2) is 18.2 Å². The van der Waals surface area contributed by atoms with E-state index in [2.05, 4.69) is 19.2 Å². The van der Waals surface area contributed by atoms with Crippen LogP contribution in [0.1, 0.15) is 38.7 Å². The first-order chi connectivity index (χ1) is 8.02. The Kier molecular flexibility index (Phi) is 5.56. The van der Waals surface area contributed by atoms with Crippen LogP contribution in [0, 0.1) is 17.6 Å². The van der Waals surface area contributed by atoms with E-state index < -0.39 is 11.6 Å². The van der Waals surface area contributed by atoms with Crippen LogP contribution < -0.4 is 5.32 Å². The van der Waals surface area contributed by atoms with Gasteiger partial charge in [0.05, 0.1) is 0 Å². The zero-order valence-corrected chi connectivity index (χ0v) is 10.8. The highest BCUT2D eigenvalue weighted by molar-refractivity contribution is 5.22. The average molecular weight is 241 g/mol. The Hall–Kier alpha value is -0.960. The first-order valence-corrected chi connectivity index (χ1v) is 6.17. The lowest BCUT2D eigenvalue weighted by molar-refractivity contribution is 0.478. The molecule has 0 aromatic heterocycles. The lowest BCUT2D eigenvalue weighted by atomic mass is 9.97. The van der Waals surface area contributed by atoms with Crippen molar-refractivity contribution in [3.63, 3.8) is 0 Å². The summed E-state index contributed by atoms with van der Waals surface area (Å²) in [4.78, 5) is 0. The van der Waals surface area contributed by atoms with Gasteiger partial charge >= 0.3 is 0 Å². The normalized spacial score (nSPS) is 13.1. The number of hydrogen-bond donors (Lipinski definition) is 1. The van der Waals surface area contributed by atoms with Crippen LogP contribution in [-0.4, -0.2) is 13.1 Å². The molecule has 1 aromatic rings. The Morgan fingerprint density at radius 2 is 1.88 bits per heavy atom. The van der Waals surface area contributed by atoms with E-state index in [1.165, 1.54) is 0 Å². The molecule has 0 heterocycles. The molecule has 1 aromatic carbocycles. The molecule has 0 aliphatic carbocycles. The predicted molar refractivity (Wildman–Crippen MR) is 67.1 cm³/mol. The molecule has 0 bridgehead atoms. The maximum Gasteiger partial charge on any atom is 0.162 e. The van der Waals surface area contributed by atoms with Gasteiger partial charge in [0.1, 0.15) is 0 Å².